The van der Waals surface area contributed by atoms with Crippen molar-refractivity contribution in [1.29, 1.82) is 0 Å². The highest BCUT2D eigenvalue weighted by molar-refractivity contribution is 5.35. The minimum atomic E-state index is 0.295. The average molecular weight is 241 g/mol. The Morgan fingerprint density at radius 1 is 0.941 bits per heavy atom. The number of hydrogen-bond acceptors (Lipinski definition) is 7. The van der Waals surface area contributed by atoms with Crippen molar-refractivity contribution in [2.24, 2.45) is 0 Å². The fraction of sp³-hybridized carbons (Fsp3) is 0.700. The predicted octanol–water partition coefficient (Wildman–Crippen LogP) is 0.760. The van der Waals surface area contributed by atoms with E-state index in [2.05, 4.69) is 25.6 Å². The van der Waals surface area contributed by atoms with Crippen LogP contribution in [0.25, 0.3) is 0 Å². The van der Waals surface area contributed by atoms with Crippen LogP contribution in [0.15, 0.2) is 0 Å². The summed E-state index contributed by atoms with van der Waals surface area (Å²) >= 11 is 0. The van der Waals surface area contributed by atoms with Gasteiger partial charge in [-0.15, -0.1) is 0 Å². The first-order valence-electron chi connectivity index (χ1n) is 5.65. The molecule has 0 amide bonds. The Bertz CT molecular complexity index is 310. The molecule has 0 aliphatic heterocycles. The normalized spacial score (nSPS) is 10.1. The Labute approximate surface area is 101 Å². The highest BCUT2D eigenvalue weighted by Crippen LogP contribution is 2.10. The molecule has 0 aliphatic rings. The zero-order valence-electron chi connectivity index (χ0n) is 10.5. The van der Waals surface area contributed by atoms with Gasteiger partial charge in [-0.3, -0.25) is 0 Å². The maximum Gasteiger partial charge on any atom is 0.323 e. The van der Waals surface area contributed by atoms with Crippen LogP contribution >= 0.6 is 0 Å². The molecule has 1 heterocycles. The number of anilines is 2. The minimum Gasteiger partial charge on any atom is -0.461 e. The molecule has 17 heavy (non-hydrogen) atoms. The van der Waals surface area contributed by atoms with Crippen molar-refractivity contribution >= 4 is 11.9 Å². The van der Waals surface area contributed by atoms with Crippen LogP contribution in [-0.2, 0) is 4.74 Å². The zero-order chi connectivity index (χ0) is 12.5. The second-order valence-electron chi connectivity index (χ2n) is 3.17. The molecule has 7 nitrogen and oxygen atoms in total. The van der Waals surface area contributed by atoms with Gasteiger partial charge in [-0.25, -0.2) is 0 Å². The van der Waals surface area contributed by atoms with Gasteiger partial charge in [-0.2, -0.15) is 15.0 Å². The summed E-state index contributed by atoms with van der Waals surface area (Å²) in [6.07, 6.45) is 0. The van der Waals surface area contributed by atoms with Crippen molar-refractivity contribution < 1.29 is 9.47 Å². The van der Waals surface area contributed by atoms with E-state index in [1.807, 2.05) is 13.8 Å². The molecule has 0 unspecified atom stereocenters. The first-order chi connectivity index (χ1) is 8.30. The Kier molecular flexibility index (Phi) is 6.02. The van der Waals surface area contributed by atoms with Gasteiger partial charge in [-0.05, 0) is 13.8 Å². The molecule has 0 saturated carbocycles. The lowest BCUT2D eigenvalue weighted by molar-refractivity contribution is 0.141. The van der Waals surface area contributed by atoms with Gasteiger partial charge in [0.2, 0.25) is 11.9 Å². The molecule has 0 bridgehead atoms. The standard InChI is InChI=1S/C10H19N5O2/c1-4-11-8-13-9(12-5-2)15-10(14-8)17-7-6-16-3/h4-7H2,1-3H3,(H2,11,12,13,14,15). The van der Waals surface area contributed by atoms with E-state index in [0.717, 1.165) is 13.1 Å². The van der Waals surface area contributed by atoms with E-state index in [0.29, 0.717) is 31.1 Å². The van der Waals surface area contributed by atoms with Gasteiger partial charge in [0.25, 0.3) is 0 Å². The van der Waals surface area contributed by atoms with Gasteiger partial charge < -0.3 is 20.1 Å². The van der Waals surface area contributed by atoms with Gasteiger partial charge >= 0.3 is 6.01 Å². The lowest BCUT2D eigenvalue weighted by Crippen LogP contribution is -2.12. The van der Waals surface area contributed by atoms with E-state index in [1.54, 1.807) is 7.11 Å². The van der Waals surface area contributed by atoms with Crippen molar-refractivity contribution in [2.45, 2.75) is 13.8 Å². The summed E-state index contributed by atoms with van der Waals surface area (Å²) in [7, 11) is 1.62. The van der Waals surface area contributed by atoms with E-state index >= 15 is 0 Å². The van der Waals surface area contributed by atoms with Crippen molar-refractivity contribution in [3.8, 4) is 6.01 Å². The summed E-state index contributed by atoms with van der Waals surface area (Å²) in [5.41, 5.74) is 0. The third-order valence-electron chi connectivity index (χ3n) is 1.80. The number of aromatic nitrogens is 3. The van der Waals surface area contributed by atoms with Crippen molar-refractivity contribution in [1.82, 2.24) is 15.0 Å². The zero-order valence-corrected chi connectivity index (χ0v) is 10.5. The largest absolute Gasteiger partial charge is 0.461 e. The van der Waals surface area contributed by atoms with Crippen LogP contribution in [0.1, 0.15) is 13.8 Å². The molecular formula is C10H19N5O2. The van der Waals surface area contributed by atoms with Crippen LogP contribution in [-0.4, -0.2) is 48.4 Å². The predicted molar refractivity (Wildman–Crippen MR) is 65.5 cm³/mol. The molecule has 0 aromatic carbocycles. The third-order valence-corrected chi connectivity index (χ3v) is 1.80. The molecule has 0 atom stereocenters. The molecule has 1 rings (SSSR count). The Hall–Kier alpha value is -1.63. The van der Waals surface area contributed by atoms with Crippen molar-refractivity contribution in [3.05, 3.63) is 0 Å². The van der Waals surface area contributed by atoms with Crippen LogP contribution in [0, 0.1) is 0 Å². The lowest BCUT2D eigenvalue weighted by atomic mass is 10.7. The Morgan fingerprint density at radius 3 is 2.00 bits per heavy atom. The van der Waals surface area contributed by atoms with Gasteiger partial charge in [0.1, 0.15) is 6.61 Å². The van der Waals surface area contributed by atoms with Crippen molar-refractivity contribution in [3.63, 3.8) is 0 Å². The third kappa shape index (κ3) is 4.81. The first-order valence-corrected chi connectivity index (χ1v) is 5.65. The molecule has 0 spiro atoms. The van der Waals surface area contributed by atoms with Crippen LogP contribution in [0.3, 0.4) is 0 Å². The first kappa shape index (κ1) is 13.4. The molecule has 2 N–H and O–H groups in total. The maximum atomic E-state index is 5.35. The number of methoxy groups -OCH3 is 1. The smallest absolute Gasteiger partial charge is 0.323 e. The quantitative estimate of drug-likeness (QED) is 0.650. The molecule has 7 heteroatoms. The number of ether oxygens (including phenoxy) is 2. The average Bonchev–Trinajstić information content (AvgIpc) is 2.30. The number of nitrogens with zero attached hydrogens (tertiary/aromatic N) is 3. The molecule has 0 saturated heterocycles. The number of nitrogens with one attached hydrogen (secondary N) is 2. The maximum absolute atomic E-state index is 5.35. The minimum absolute atomic E-state index is 0.295. The number of hydrogen-bond donors (Lipinski definition) is 2. The van der Waals surface area contributed by atoms with E-state index in [1.165, 1.54) is 0 Å². The molecule has 1 aromatic heterocycles. The van der Waals surface area contributed by atoms with Crippen LogP contribution < -0.4 is 15.4 Å². The second kappa shape index (κ2) is 7.61. The van der Waals surface area contributed by atoms with Crippen LogP contribution in [0.2, 0.25) is 0 Å². The SMILES string of the molecule is CCNc1nc(NCC)nc(OCCOC)n1. The molecule has 0 aliphatic carbocycles. The highest BCUT2D eigenvalue weighted by Gasteiger charge is 2.06. The van der Waals surface area contributed by atoms with Gasteiger partial charge in [0.15, 0.2) is 0 Å². The van der Waals surface area contributed by atoms with E-state index in [-0.39, 0.29) is 0 Å². The van der Waals surface area contributed by atoms with E-state index < -0.39 is 0 Å². The van der Waals surface area contributed by atoms with Crippen LogP contribution in [0.5, 0.6) is 6.01 Å². The van der Waals surface area contributed by atoms with Gasteiger partial charge in [-0.1, -0.05) is 0 Å². The molecule has 96 valence electrons. The second-order valence-corrected chi connectivity index (χ2v) is 3.17. The summed E-state index contributed by atoms with van der Waals surface area (Å²) in [6.45, 7) is 6.35. The summed E-state index contributed by atoms with van der Waals surface area (Å²) in [5.74, 6) is 1.01. The summed E-state index contributed by atoms with van der Waals surface area (Å²) in [4.78, 5) is 12.4. The highest BCUT2D eigenvalue weighted by atomic mass is 16.5. The van der Waals surface area contributed by atoms with E-state index in [9.17, 15) is 0 Å². The molecule has 0 fully saturated rings. The summed E-state index contributed by atoms with van der Waals surface area (Å²) < 4.78 is 10.2. The topological polar surface area (TPSA) is 81.2 Å². The van der Waals surface area contributed by atoms with Gasteiger partial charge in [0.05, 0.1) is 6.61 Å². The lowest BCUT2D eigenvalue weighted by Gasteiger charge is -2.08. The molecule has 1 aromatic rings. The fourth-order valence-corrected chi connectivity index (χ4v) is 1.11. The van der Waals surface area contributed by atoms with Gasteiger partial charge in [0, 0.05) is 20.2 Å². The molecular weight excluding hydrogens is 222 g/mol. The number of rotatable bonds is 8. The van der Waals surface area contributed by atoms with Crippen molar-refractivity contribution in [2.75, 3.05) is 44.0 Å². The fourth-order valence-electron chi connectivity index (χ4n) is 1.11. The summed E-state index contributed by atoms with van der Waals surface area (Å²) in [6, 6.07) is 0.295. The monoisotopic (exact) mass is 241 g/mol. The Balaban J connectivity index is 2.72. The summed E-state index contributed by atoms with van der Waals surface area (Å²) in [5, 5.41) is 6.05. The Morgan fingerprint density at radius 2 is 1.53 bits per heavy atom. The van der Waals surface area contributed by atoms with E-state index in [4.69, 9.17) is 9.47 Å². The van der Waals surface area contributed by atoms with Crippen LogP contribution in [0.4, 0.5) is 11.9 Å². The molecule has 0 radical (unpaired) electrons.